The number of nitrogens with zero attached hydrogens (tertiary/aromatic N) is 1. The average Bonchev–Trinajstić information content (AvgIpc) is 2.93. The standard InChI is InChI=1S/C29H26N2O6/c1-2-36-28(33)24-18-22(10-11-25(24)31-12-14-35-15-13-31)30-27(32)21-8-5-7-19(16-21)23-17-20-6-3-4-9-26(20)37-29(23)34/h3-11,16-18H,2,12-15H2,1H3,(H,30,32). The summed E-state index contributed by atoms with van der Waals surface area (Å²) < 4.78 is 16.1. The van der Waals surface area contributed by atoms with Gasteiger partial charge in [0, 0.05) is 29.7 Å². The van der Waals surface area contributed by atoms with Gasteiger partial charge in [-0.1, -0.05) is 30.3 Å². The van der Waals surface area contributed by atoms with Crippen LogP contribution in [0.3, 0.4) is 0 Å². The molecule has 8 heteroatoms. The fourth-order valence-electron chi connectivity index (χ4n) is 4.36. The van der Waals surface area contributed by atoms with Crippen molar-refractivity contribution in [2.75, 3.05) is 43.1 Å². The van der Waals surface area contributed by atoms with E-state index in [1.54, 1.807) is 61.5 Å². The van der Waals surface area contributed by atoms with Crippen molar-refractivity contribution in [3.05, 3.63) is 94.3 Å². The van der Waals surface area contributed by atoms with Gasteiger partial charge in [-0.05, 0) is 55.0 Å². The Bertz CT molecular complexity index is 1520. The third-order valence-electron chi connectivity index (χ3n) is 6.18. The van der Waals surface area contributed by atoms with E-state index >= 15 is 0 Å². The van der Waals surface area contributed by atoms with E-state index in [0.29, 0.717) is 59.8 Å². The summed E-state index contributed by atoms with van der Waals surface area (Å²) >= 11 is 0. The van der Waals surface area contributed by atoms with Crippen LogP contribution in [0.1, 0.15) is 27.6 Å². The fourth-order valence-corrected chi connectivity index (χ4v) is 4.36. The van der Waals surface area contributed by atoms with E-state index in [1.807, 2.05) is 18.2 Å². The zero-order valence-electron chi connectivity index (χ0n) is 20.4. The molecule has 5 rings (SSSR count). The zero-order chi connectivity index (χ0) is 25.8. The number of morpholine rings is 1. The molecule has 3 aromatic carbocycles. The van der Waals surface area contributed by atoms with Crippen molar-refractivity contribution in [1.82, 2.24) is 0 Å². The molecule has 37 heavy (non-hydrogen) atoms. The van der Waals surface area contributed by atoms with Crippen LogP contribution in [0.2, 0.25) is 0 Å². The van der Waals surface area contributed by atoms with Crippen LogP contribution in [0.25, 0.3) is 22.1 Å². The van der Waals surface area contributed by atoms with E-state index in [9.17, 15) is 14.4 Å². The highest BCUT2D eigenvalue weighted by atomic mass is 16.5. The number of nitrogens with one attached hydrogen (secondary N) is 1. The summed E-state index contributed by atoms with van der Waals surface area (Å²) in [7, 11) is 0. The second-order valence-electron chi connectivity index (χ2n) is 8.57. The van der Waals surface area contributed by atoms with Gasteiger partial charge in [0.1, 0.15) is 5.58 Å². The summed E-state index contributed by atoms with van der Waals surface area (Å²) in [4.78, 5) is 40.5. The van der Waals surface area contributed by atoms with Crippen molar-refractivity contribution in [3.63, 3.8) is 0 Å². The Kier molecular flexibility index (Phi) is 7.00. The van der Waals surface area contributed by atoms with Crippen LogP contribution in [-0.4, -0.2) is 44.8 Å². The number of anilines is 2. The van der Waals surface area contributed by atoms with Gasteiger partial charge in [-0.15, -0.1) is 0 Å². The molecule has 1 amide bonds. The molecule has 2 heterocycles. The van der Waals surface area contributed by atoms with E-state index < -0.39 is 11.6 Å². The Morgan fingerprint density at radius 3 is 2.59 bits per heavy atom. The molecule has 1 saturated heterocycles. The van der Waals surface area contributed by atoms with Gasteiger partial charge in [0.2, 0.25) is 0 Å². The maximum Gasteiger partial charge on any atom is 0.344 e. The summed E-state index contributed by atoms with van der Waals surface area (Å²) in [6.07, 6.45) is 0. The van der Waals surface area contributed by atoms with Gasteiger partial charge in [0.25, 0.3) is 5.91 Å². The smallest absolute Gasteiger partial charge is 0.344 e. The first-order valence-corrected chi connectivity index (χ1v) is 12.1. The third kappa shape index (κ3) is 5.24. The number of esters is 1. The number of benzene rings is 3. The van der Waals surface area contributed by atoms with Crippen molar-refractivity contribution in [3.8, 4) is 11.1 Å². The van der Waals surface area contributed by atoms with Crippen molar-refractivity contribution in [1.29, 1.82) is 0 Å². The Morgan fingerprint density at radius 1 is 0.973 bits per heavy atom. The predicted molar refractivity (Wildman–Crippen MR) is 141 cm³/mol. The molecule has 1 fully saturated rings. The molecule has 0 bridgehead atoms. The first-order chi connectivity index (χ1) is 18.0. The van der Waals surface area contributed by atoms with E-state index in [4.69, 9.17) is 13.9 Å². The number of hydrogen-bond acceptors (Lipinski definition) is 7. The van der Waals surface area contributed by atoms with E-state index in [-0.39, 0.29) is 12.5 Å². The van der Waals surface area contributed by atoms with Gasteiger partial charge < -0.3 is 24.1 Å². The number of fused-ring (bicyclic) bond motifs is 1. The molecule has 0 radical (unpaired) electrons. The highest BCUT2D eigenvalue weighted by molar-refractivity contribution is 6.06. The second-order valence-corrected chi connectivity index (χ2v) is 8.57. The molecule has 1 aliphatic rings. The first kappa shape index (κ1) is 24.3. The van der Waals surface area contributed by atoms with E-state index in [1.165, 1.54) is 0 Å². The SMILES string of the molecule is CCOC(=O)c1cc(NC(=O)c2cccc(-c3cc4ccccc4oc3=O)c2)ccc1N1CCOCC1. The van der Waals surface area contributed by atoms with Gasteiger partial charge >= 0.3 is 11.6 Å². The van der Waals surface area contributed by atoms with Crippen LogP contribution in [0.4, 0.5) is 11.4 Å². The number of ether oxygens (including phenoxy) is 2. The molecule has 0 aliphatic carbocycles. The highest BCUT2D eigenvalue weighted by Gasteiger charge is 2.21. The van der Waals surface area contributed by atoms with Crippen LogP contribution in [-0.2, 0) is 9.47 Å². The van der Waals surface area contributed by atoms with Gasteiger partial charge in [0.15, 0.2) is 0 Å². The van der Waals surface area contributed by atoms with Gasteiger partial charge in [-0.25, -0.2) is 9.59 Å². The van der Waals surface area contributed by atoms with E-state index in [0.717, 1.165) is 11.1 Å². The molecule has 8 nitrogen and oxygen atoms in total. The summed E-state index contributed by atoms with van der Waals surface area (Å²) in [6, 6.07) is 21.0. The molecule has 4 aromatic rings. The number of para-hydroxylation sites is 1. The lowest BCUT2D eigenvalue weighted by Crippen LogP contribution is -2.37. The van der Waals surface area contributed by atoms with Crippen LogP contribution in [0.15, 0.2) is 82.0 Å². The van der Waals surface area contributed by atoms with Crippen molar-refractivity contribution in [2.24, 2.45) is 0 Å². The molecule has 0 spiro atoms. The average molecular weight is 499 g/mol. The van der Waals surface area contributed by atoms with E-state index in [2.05, 4.69) is 10.2 Å². The topological polar surface area (TPSA) is 98.1 Å². The second kappa shape index (κ2) is 10.7. The van der Waals surface area contributed by atoms with Gasteiger partial charge in [-0.2, -0.15) is 0 Å². The van der Waals surface area contributed by atoms with Crippen LogP contribution in [0, 0.1) is 0 Å². The Morgan fingerprint density at radius 2 is 1.78 bits per heavy atom. The molecule has 0 saturated carbocycles. The number of carbonyl (C=O) groups excluding carboxylic acids is 2. The summed E-state index contributed by atoms with van der Waals surface area (Å²) in [5.41, 5.74) is 2.90. The van der Waals surface area contributed by atoms with Crippen LogP contribution < -0.4 is 15.8 Å². The van der Waals surface area contributed by atoms with Crippen LogP contribution in [0.5, 0.6) is 0 Å². The van der Waals surface area contributed by atoms with Crippen molar-refractivity contribution >= 4 is 34.2 Å². The van der Waals surface area contributed by atoms with Crippen LogP contribution >= 0.6 is 0 Å². The Labute approximate surface area is 213 Å². The van der Waals surface area contributed by atoms with Crippen molar-refractivity contribution in [2.45, 2.75) is 6.92 Å². The fraction of sp³-hybridized carbons (Fsp3) is 0.207. The monoisotopic (exact) mass is 498 g/mol. The third-order valence-corrected chi connectivity index (χ3v) is 6.18. The molecule has 0 unspecified atom stereocenters. The molecule has 1 aliphatic heterocycles. The molecule has 1 N–H and O–H groups in total. The number of amides is 1. The normalized spacial score (nSPS) is 13.4. The minimum atomic E-state index is -0.478. The predicted octanol–water partition coefficient (Wildman–Crippen LogP) is 4.73. The number of carbonyl (C=O) groups is 2. The Hall–Kier alpha value is -4.43. The highest BCUT2D eigenvalue weighted by Crippen LogP contribution is 2.27. The minimum absolute atomic E-state index is 0.244. The molecular formula is C29H26N2O6. The number of hydrogen-bond donors (Lipinski definition) is 1. The summed E-state index contributed by atoms with van der Waals surface area (Å²) in [6.45, 7) is 4.47. The maximum atomic E-state index is 13.1. The quantitative estimate of drug-likeness (QED) is 0.303. The lowest BCUT2D eigenvalue weighted by molar-refractivity contribution is 0.0526. The summed E-state index contributed by atoms with van der Waals surface area (Å²) in [5, 5.41) is 3.65. The lowest BCUT2D eigenvalue weighted by atomic mass is 10.0. The summed E-state index contributed by atoms with van der Waals surface area (Å²) in [5.74, 6) is -0.828. The van der Waals surface area contributed by atoms with Gasteiger partial charge in [-0.3, -0.25) is 4.79 Å². The Balaban J connectivity index is 1.42. The van der Waals surface area contributed by atoms with Gasteiger partial charge in [0.05, 0.1) is 36.6 Å². The molecule has 1 aromatic heterocycles. The molecule has 0 atom stereocenters. The largest absolute Gasteiger partial charge is 0.462 e. The molecular weight excluding hydrogens is 472 g/mol. The molecule has 188 valence electrons. The zero-order valence-corrected chi connectivity index (χ0v) is 20.4. The first-order valence-electron chi connectivity index (χ1n) is 12.1. The lowest BCUT2D eigenvalue weighted by Gasteiger charge is -2.30. The maximum absolute atomic E-state index is 13.1. The minimum Gasteiger partial charge on any atom is -0.462 e. The van der Waals surface area contributed by atoms with Crippen molar-refractivity contribution < 1.29 is 23.5 Å². The number of rotatable bonds is 6.